The summed E-state index contributed by atoms with van der Waals surface area (Å²) in [5.74, 6) is 0.397. The summed E-state index contributed by atoms with van der Waals surface area (Å²) in [6, 6.07) is 2.61. The Hall–Kier alpha value is -1.40. The molecule has 1 aromatic rings. The number of rotatable bonds is 5. The van der Waals surface area contributed by atoms with Crippen molar-refractivity contribution in [2.75, 3.05) is 18.1 Å². The van der Waals surface area contributed by atoms with Gasteiger partial charge in [-0.05, 0) is 13.8 Å². The van der Waals surface area contributed by atoms with Gasteiger partial charge in [0.05, 0.1) is 23.7 Å². The van der Waals surface area contributed by atoms with Gasteiger partial charge < -0.3 is 10.0 Å². The van der Waals surface area contributed by atoms with Crippen molar-refractivity contribution in [1.82, 2.24) is 4.98 Å². The summed E-state index contributed by atoms with van der Waals surface area (Å²) in [5.41, 5.74) is -0.108. The summed E-state index contributed by atoms with van der Waals surface area (Å²) in [6.07, 6.45) is 0. The molecule has 0 aromatic carbocycles. The first kappa shape index (κ1) is 13.7. The van der Waals surface area contributed by atoms with E-state index in [9.17, 15) is 10.1 Å². The fourth-order valence-electron chi connectivity index (χ4n) is 1.47. The molecule has 0 spiro atoms. The number of anilines is 1. The largest absolute Gasteiger partial charge is 0.395 e. The third-order valence-corrected chi connectivity index (χ3v) is 2.43. The SMILES string of the molecule is CC(C)N(CCO)c1cc([N+](=O)[O-])cc(Cl)n1. The van der Waals surface area contributed by atoms with Crippen molar-refractivity contribution in [3.8, 4) is 0 Å². The topological polar surface area (TPSA) is 79.5 Å². The second-order valence-corrected chi connectivity index (χ2v) is 4.16. The lowest BCUT2D eigenvalue weighted by molar-refractivity contribution is -0.384. The van der Waals surface area contributed by atoms with E-state index in [1.54, 1.807) is 4.90 Å². The number of pyridine rings is 1. The molecule has 1 aromatic heterocycles. The second kappa shape index (κ2) is 5.79. The molecule has 6 nitrogen and oxygen atoms in total. The van der Waals surface area contributed by atoms with E-state index in [1.807, 2.05) is 13.8 Å². The predicted octanol–water partition coefficient (Wildman–Crippen LogP) is 1.85. The lowest BCUT2D eigenvalue weighted by Gasteiger charge is -2.26. The monoisotopic (exact) mass is 259 g/mol. The molecule has 0 fully saturated rings. The molecule has 0 aliphatic heterocycles. The van der Waals surface area contributed by atoms with Crippen LogP contribution in [0.1, 0.15) is 13.8 Å². The van der Waals surface area contributed by atoms with Gasteiger partial charge in [-0.15, -0.1) is 0 Å². The highest BCUT2D eigenvalue weighted by Crippen LogP contribution is 2.24. The smallest absolute Gasteiger partial charge is 0.276 e. The van der Waals surface area contributed by atoms with E-state index in [4.69, 9.17) is 16.7 Å². The van der Waals surface area contributed by atoms with Gasteiger partial charge >= 0.3 is 0 Å². The molecule has 0 bridgehead atoms. The van der Waals surface area contributed by atoms with Crippen molar-refractivity contribution in [1.29, 1.82) is 0 Å². The number of hydrogen-bond acceptors (Lipinski definition) is 5. The highest BCUT2D eigenvalue weighted by molar-refractivity contribution is 6.29. The van der Waals surface area contributed by atoms with Crippen LogP contribution in [0.4, 0.5) is 11.5 Å². The average Bonchev–Trinajstić information content (AvgIpc) is 2.24. The number of nitro groups is 1. The van der Waals surface area contributed by atoms with Crippen LogP contribution in [0.5, 0.6) is 0 Å². The van der Waals surface area contributed by atoms with Crippen molar-refractivity contribution in [3.63, 3.8) is 0 Å². The molecular weight excluding hydrogens is 246 g/mol. The standard InChI is InChI=1S/C10H14ClN3O3/c1-7(2)13(3-4-15)10-6-8(14(16)17)5-9(11)12-10/h5-7,15H,3-4H2,1-2H3. The Kier molecular flexibility index (Phi) is 4.65. The van der Waals surface area contributed by atoms with Gasteiger partial charge in [0.1, 0.15) is 11.0 Å². The molecule has 17 heavy (non-hydrogen) atoms. The molecule has 94 valence electrons. The van der Waals surface area contributed by atoms with Crippen LogP contribution in [0.2, 0.25) is 5.15 Å². The van der Waals surface area contributed by atoms with Gasteiger partial charge in [0.2, 0.25) is 0 Å². The summed E-state index contributed by atoms with van der Waals surface area (Å²) in [4.78, 5) is 16.0. The van der Waals surface area contributed by atoms with Gasteiger partial charge in [-0.25, -0.2) is 4.98 Å². The van der Waals surface area contributed by atoms with E-state index in [2.05, 4.69) is 4.98 Å². The molecular formula is C10H14ClN3O3. The first-order valence-corrected chi connectivity index (χ1v) is 5.53. The Balaban J connectivity index is 3.14. The highest BCUT2D eigenvalue weighted by Gasteiger charge is 2.16. The van der Waals surface area contributed by atoms with E-state index in [0.29, 0.717) is 12.4 Å². The van der Waals surface area contributed by atoms with E-state index in [0.717, 1.165) is 0 Å². The minimum Gasteiger partial charge on any atom is -0.395 e. The van der Waals surface area contributed by atoms with E-state index >= 15 is 0 Å². The highest BCUT2D eigenvalue weighted by atomic mass is 35.5. The molecule has 0 aliphatic rings. The van der Waals surface area contributed by atoms with E-state index < -0.39 is 4.92 Å². The Bertz CT molecular complexity index is 412. The van der Waals surface area contributed by atoms with Crippen LogP contribution in [-0.4, -0.2) is 34.2 Å². The maximum atomic E-state index is 10.7. The molecule has 0 aliphatic carbocycles. The minimum absolute atomic E-state index is 0.0554. The predicted molar refractivity (Wildman–Crippen MR) is 65.5 cm³/mol. The van der Waals surface area contributed by atoms with Crippen molar-refractivity contribution in [3.05, 3.63) is 27.4 Å². The van der Waals surface area contributed by atoms with Gasteiger partial charge in [-0.2, -0.15) is 0 Å². The fraction of sp³-hybridized carbons (Fsp3) is 0.500. The zero-order valence-corrected chi connectivity index (χ0v) is 10.4. The fourth-order valence-corrected chi connectivity index (χ4v) is 1.67. The molecule has 0 saturated carbocycles. The first-order valence-electron chi connectivity index (χ1n) is 5.15. The van der Waals surface area contributed by atoms with Crippen molar-refractivity contribution in [2.24, 2.45) is 0 Å². The zero-order valence-electron chi connectivity index (χ0n) is 9.63. The van der Waals surface area contributed by atoms with Gasteiger partial charge in [-0.3, -0.25) is 10.1 Å². The lowest BCUT2D eigenvalue weighted by Crippen LogP contribution is -2.34. The van der Waals surface area contributed by atoms with E-state index in [1.165, 1.54) is 12.1 Å². The first-order chi connectivity index (χ1) is 7.95. The number of nitrogens with zero attached hydrogens (tertiary/aromatic N) is 3. The number of halogens is 1. The summed E-state index contributed by atoms with van der Waals surface area (Å²) < 4.78 is 0. The molecule has 1 heterocycles. The van der Waals surface area contributed by atoms with Crippen molar-refractivity contribution < 1.29 is 10.0 Å². The molecule has 1 N–H and O–H groups in total. The Morgan fingerprint density at radius 1 is 1.59 bits per heavy atom. The third kappa shape index (κ3) is 3.54. The van der Waals surface area contributed by atoms with Crippen LogP contribution >= 0.6 is 11.6 Å². The van der Waals surface area contributed by atoms with Crippen LogP contribution in [0, 0.1) is 10.1 Å². The van der Waals surface area contributed by atoms with Crippen molar-refractivity contribution in [2.45, 2.75) is 19.9 Å². The molecule has 0 radical (unpaired) electrons. The molecule has 0 atom stereocenters. The molecule has 7 heteroatoms. The van der Waals surface area contributed by atoms with Gasteiger partial charge in [0, 0.05) is 12.6 Å². The molecule has 0 saturated heterocycles. The van der Waals surface area contributed by atoms with Crippen LogP contribution in [0.25, 0.3) is 0 Å². The summed E-state index contributed by atoms with van der Waals surface area (Å²) in [6.45, 7) is 4.11. The number of aliphatic hydroxyl groups is 1. The third-order valence-electron chi connectivity index (χ3n) is 2.23. The van der Waals surface area contributed by atoms with Crippen LogP contribution in [0.3, 0.4) is 0 Å². The van der Waals surface area contributed by atoms with Crippen LogP contribution < -0.4 is 4.90 Å². The van der Waals surface area contributed by atoms with Gasteiger partial charge in [0.25, 0.3) is 5.69 Å². The van der Waals surface area contributed by atoms with E-state index in [-0.39, 0.29) is 23.5 Å². The Morgan fingerprint density at radius 3 is 2.71 bits per heavy atom. The maximum Gasteiger partial charge on any atom is 0.276 e. The zero-order chi connectivity index (χ0) is 13.0. The quantitative estimate of drug-likeness (QED) is 0.496. The number of hydrogen-bond donors (Lipinski definition) is 1. The molecule has 0 unspecified atom stereocenters. The Morgan fingerprint density at radius 2 is 2.24 bits per heavy atom. The van der Waals surface area contributed by atoms with Gasteiger partial charge in [-0.1, -0.05) is 11.6 Å². The number of aromatic nitrogens is 1. The lowest BCUT2D eigenvalue weighted by atomic mass is 10.3. The number of aliphatic hydroxyl groups excluding tert-OH is 1. The minimum atomic E-state index is -0.519. The second-order valence-electron chi connectivity index (χ2n) is 3.77. The normalized spacial score (nSPS) is 10.6. The summed E-state index contributed by atoms with van der Waals surface area (Å²) in [7, 11) is 0. The van der Waals surface area contributed by atoms with Gasteiger partial charge in [0.15, 0.2) is 0 Å². The summed E-state index contributed by atoms with van der Waals surface area (Å²) in [5, 5.41) is 19.7. The maximum absolute atomic E-state index is 10.7. The van der Waals surface area contributed by atoms with Crippen LogP contribution in [0.15, 0.2) is 12.1 Å². The van der Waals surface area contributed by atoms with Crippen molar-refractivity contribution >= 4 is 23.1 Å². The molecule has 1 rings (SSSR count). The molecule has 0 amide bonds. The summed E-state index contributed by atoms with van der Waals surface area (Å²) >= 11 is 5.74. The average molecular weight is 260 g/mol. The Labute approximate surface area is 104 Å². The van der Waals surface area contributed by atoms with Crippen LogP contribution in [-0.2, 0) is 0 Å².